The molecule has 1 aliphatic rings. The van der Waals surface area contributed by atoms with Crippen molar-refractivity contribution in [2.24, 2.45) is 5.73 Å². The van der Waals surface area contributed by atoms with E-state index < -0.39 is 12.1 Å². The number of para-hydroxylation sites is 1. The highest BCUT2D eigenvalue weighted by Crippen LogP contribution is 2.34. The van der Waals surface area contributed by atoms with Gasteiger partial charge in [0.1, 0.15) is 11.8 Å². The van der Waals surface area contributed by atoms with E-state index in [1.54, 1.807) is 18.9 Å². The number of carbonyl (C=O) groups is 2. The summed E-state index contributed by atoms with van der Waals surface area (Å²) < 4.78 is 6.65. The molecule has 166 valence electrons. The van der Waals surface area contributed by atoms with Crippen molar-refractivity contribution < 1.29 is 14.3 Å². The zero-order chi connectivity index (χ0) is 22.8. The maximum atomic E-state index is 13.7. The summed E-state index contributed by atoms with van der Waals surface area (Å²) >= 11 is 3.53. The number of hydrogen-bond donors (Lipinski definition) is 2. The monoisotopic (exact) mass is 495 g/mol. The maximum absolute atomic E-state index is 13.7. The molecule has 3 N–H and O–H groups in total. The van der Waals surface area contributed by atoms with Gasteiger partial charge < -0.3 is 20.7 Å². The minimum absolute atomic E-state index is 0.153. The molecule has 0 bridgehead atoms. The molecule has 1 heterocycles. The summed E-state index contributed by atoms with van der Waals surface area (Å²) in [7, 11) is 1.63. The summed E-state index contributed by atoms with van der Waals surface area (Å²) in [5.74, 6) is 0.229. The van der Waals surface area contributed by atoms with Gasteiger partial charge >= 0.3 is 0 Å². The number of nitrogens with zero attached hydrogens (tertiary/aromatic N) is 1. The second kappa shape index (κ2) is 9.30. The van der Waals surface area contributed by atoms with Crippen LogP contribution in [0.1, 0.15) is 24.5 Å². The van der Waals surface area contributed by atoms with Crippen LogP contribution >= 0.6 is 15.9 Å². The average Bonchev–Trinajstić information content (AvgIpc) is 2.91. The van der Waals surface area contributed by atoms with Crippen LogP contribution in [-0.4, -0.2) is 31.0 Å². The van der Waals surface area contributed by atoms with Crippen LogP contribution in [0.2, 0.25) is 0 Å². The Bertz CT molecular complexity index is 1180. The summed E-state index contributed by atoms with van der Waals surface area (Å²) in [6.45, 7) is 1.94. The molecule has 0 radical (unpaired) electrons. The molecule has 1 aliphatic heterocycles. The van der Waals surface area contributed by atoms with Crippen molar-refractivity contribution in [2.75, 3.05) is 12.0 Å². The Balaban J connectivity index is 1.79. The topological polar surface area (TPSA) is 84.7 Å². The van der Waals surface area contributed by atoms with Gasteiger partial charge in [-0.1, -0.05) is 46.3 Å². The molecular weight excluding hydrogens is 470 g/mol. The second-order valence-corrected chi connectivity index (χ2v) is 8.97. The van der Waals surface area contributed by atoms with Gasteiger partial charge in [0, 0.05) is 15.7 Å². The van der Waals surface area contributed by atoms with E-state index in [9.17, 15) is 9.59 Å². The number of ether oxygens (including phenoxy) is 1. The van der Waals surface area contributed by atoms with Crippen LogP contribution in [0, 0.1) is 0 Å². The second-order valence-electron chi connectivity index (χ2n) is 8.05. The van der Waals surface area contributed by atoms with Crippen molar-refractivity contribution in [1.82, 2.24) is 5.32 Å². The number of halogens is 1. The number of anilines is 1. The van der Waals surface area contributed by atoms with Gasteiger partial charge in [0.25, 0.3) is 0 Å². The van der Waals surface area contributed by atoms with Crippen molar-refractivity contribution in [3.05, 3.63) is 70.2 Å². The fraction of sp³-hybridized carbons (Fsp3) is 0.280. The number of fused-ring (bicyclic) bond motifs is 2. The van der Waals surface area contributed by atoms with Gasteiger partial charge in [0.05, 0.1) is 19.7 Å². The molecule has 0 saturated carbocycles. The molecular formula is C25H26BrN3O3. The standard InChI is InChI=1S/C25H26BrN3O3/c1-15(27)24(30)28-21-11-7-16-5-3-4-6-22(16)29(25(21)31)14-20-19-10-9-18(26)13-17(19)8-12-23(20)32-2/h3-6,8-10,12-13,15,21H,7,11,14,27H2,1-2H3,(H,28,30). The number of benzene rings is 3. The zero-order valence-corrected chi connectivity index (χ0v) is 19.7. The Hall–Kier alpha value is -2.90. The molecule has 32 heavy (non-hydrogen) atoms. The Morgan fingerprint density at radius 3 is 2.78 bits per heavy atom. The van der Waals surface area contributed by atoms with Gasteiger partial charge in [-0.2, -0.15) is 0 Å². The van der Waals surface area contributed by atoms with Crippen LogP contribution in [-0.2, 0) is 22.6 Å². The molecule has 0 aromatic heterocycles. The fourth-order valence-electron chi connectivity index (χ4n) is 4.17. The van der Waals surface area contributed by atoms with E-state index in [4.69, 9.17) is 10.5 Å². The Morgan fingerprint density at radius 2 is 2.03 bits per heavy atom. The molecule has 0 fully saturated rings. The van der Waals surface area contributed by atoms with Crippen LogP contribution in [0.4, 0.5) is 5.69 Å². The molecule has 0 spiro atoms. The fourth-order valence-corrected chi connectivity index (χ4v) is 4.55. The minimum Gasteiger partial charge on any atom is -0.496 e. The first-order valence-corrected chi connectivity index (χ1v) is 11.4. The SMILES string of the molecule is COc1ccc2cc(Br)ccc2c1CN1C(=O)C(NC(=O)C(C)N)CCc2ccccc21. The lowest BCUT2D eigenvalue weighted by atomic mass is 10.0. The summed E-state index contributed by atoms with van der Waals surface area (Å²) in [5, 5.41) is 4.90. The van der Waals surface area contributed by atoms with Crippen molar-refractivity contribution >= 4 is 44.2 Å². The van der Waals surface area contributed by atoms with Crippen molar-refractivity contribution in [3.8, 4) is 5.75 Å². The van der Waals surface area contributed by atoms with E-state index in [-0.39, 0.29) is 11.8 Å². The van der Waals surface area contributed by atoms with Crippen LogP contribution in [0.5, 0.6) is 5.75 Å². The predicted octanol–water partition coefficient (Wildman–Crippen LogP) is 3.92. The quantitative estimate of drug-likeness (QED) is 0.561. The summed E-state index contributed by atoms with van der Waals surface area (Å²) in [5.41, 5.74) is 8.57. The van der Waals surface area contributed by atoms with Crippen LogP contribution in [0.25, 0.3) is 10.8 Å². The first-order valence-electron chi connectivity index (χ1n) is 10.6. The molecule has 2 amide bonds. The normalized spacial score (nSPS) is 16.9. The van der Waals surface area contributed by atoms with E-state index in [0.717, 1.165) is 32.1 Å². The first kappa shape index (κ1) is 22.3. The number of hydrogen-bond acceptors (Lipinski definition) is 4. The van der Waals surface area contributed by atoms with Crippen LogP contribution in [0.15, 0.2) is 59.1 Å². The maximum Gasteiger partial charge on any atom is 0.249 e. The van der Waals surface area contributed by atoms with Gasteiger partial charge in [-0.25, -0.2) is 0 Å². The number of carbonyl (C=O) groups excluding carboxylic acids is 2. The summed E-state index contributed by atoms with van der Waals surface area (Å²) in [6, 6.07) is 16.5. The molecule has 2 atom stereocenters. The Morgan fingerprint density at radius 1 is 1.25 bits per heavy atom. The Kier molecular flexibility index (Phi) is 6.48. The van der Waals surface area contributed by atoms with Crippen molar-refractivity contribution in [3.63, 3.8) is 0 Å². The molecule has 3 aromatic carbocycles. The van der Waals surface area contributed by atoms with E-state index >= 15 is 0 Å². The lowest BCUT2D eigenvalue weighted by molar-refractivity contribution is -0.128. The summed E-state index contributed by atoms with van der Waals surface area (Å²) in [6.07, 6.45) is 1.20. The number of nitrogens with two attached hydrogens (primary N) is 1. The van der Waals surface area contributed by atoms with Gasteiger partial charge in [-0.15, -0.1) is 0 Å². The smallest absolute Gasteiger partial charge is 0.249 e. The van der Waals surface area contributed by atoms with Crippen molar-refractivity contribution in [1.29, 1.82) is 0 Å². The van der Waals surface area contributed by atoms with Gasteiger partial charge in [0.15, 0.2) is 0 Å². The third kappa shape index (κ3) is 4.36. The van der Waals surface area contributed by atoms with Crippen LogP contribution in [0.3, 0.4) is 0 Å². The number of aryl methyl sites for hydroxylation is 1. The molecule has 7 heteroatoms. The highest BCUT2D eigenvalue weighted by Gasteiger charge is 2.32. The highest BCUT2D eigenvalue weighted by molar-refractivity contribution is 9.10. The lowest BCUT2D eigenvalue weighted by Crippen LogP contribution is -2.51. The zero-order valence-electron chi connectivity index (χ0n) is 18.1. The number of methoxy groups -OCH3 is 1. The highest BCUT2D eigenvalue weighted by atomic mass is 79.9. The van der Waals surface area contributed by atoms with E-state index in [2.05, 4.69) is 21.2 Å². The predicted molar refractivity (Wildman–Crippen MR) is 130 cm³/mol. The number of rotatable bonds is 5. The average molecular weight is 496 g/mol. The molecule has 0 saturated heterocycles. The van der Waals surface area contributed by atoms with E-state index in [1.807, 2.05) is 54.6 Å². The molecule has 0 aliphatic carbocycles. The third-order valence-electron chi connectivity index (χ3n) is 5.87. The molecule has 4 rings (SSSR count). The Labute approximate surface area is 195 Å². The van der Waals surface area contributed by atoms with Gasteiger partial charge in [-0.05, 0) is 60.4 Å². The lowest BCUT2D eigenvalue weighted by Gasteiger charge is -2.28. The van der Waals surface area contributed by atoms with E-state index in [1.165, 1.54) is 0 Å². The first-order chi connectivity index (χ1) is 15.4. The van der Waals surface area contributed by atoms with Crippen LogP contribution < -0.4 is 20.7 Å². The van der Waals surface area contributed by atoms with Gasteiger partial charge in [0.2, 0.25) is 11.8 Å². The molecule has 6 nitrogen and oxygen atoms in total. The number of amides is 2. The molecule has 2 unspecified atom stereocenters. The third-order valence-corrected chi connectivity index (χ3v) is 6.36. The summed E-state index contributed by atoms with van der Waals surface area (Å²) in [4.78, 5) is 27.7. The number of nitrogens with one attached hydrogen (secondary N) is 1. The van der Waals surface area contributed by atoms with E-state index in [0.29, 0.717) is 25.1 Å². The minimum atomic E-state index is -0.682. The van der Waals surface area contributed by atoms with Crippen molar-refractivity contribution in [2.45, 2.75) is 38.4 Å². The largest absolute Gasteiger partial charge is 0.496 e. The van der Waals surface area contributed by atoms with Gasteiger partial charge in [-0.3, -0.25) is 9.59 Å². The molecule has 3 aromatic rings.